The Morgan fingerprint density at radius 3 is 2.33 bits per heavy atom. The number of Topliss-reactive ketones (excluding diaryl/α,β-unsaturated/α-hetero) is 1. The standard InChI is InChI=1S/C8H9NO2.C6H5NO3/c1-6(10)7-4-3-5-8(9-7)11-2;8-5-3-1-2-4(7-5)6(9)10/h3-5H,1-2H3;1-3H,(H,7,8)(H,9,10). The number of ketones is 1. The molecule has 2 rings (SSSR count). The number of nitrogens with zero attached hydrogens (tertiary/aromatic N) is 1. The first-order valence-corrected chi connectivity index (χ1v) is 5.88. The van der Waals surface area contributed by atoms with E-state index in [1.54, 1.807) is 18.2 Å². The molecule has 0 saturated carbocycles. The van der Waals surface area contributed by atoms with Crippen LogP contribution in [0.25, 0.3) is 0 Å². The molecule has 7 heteroatoms. The van der Waals surface area contributed by atoms with Crippen LogP contribution < -0.4 is 10.3 Å². The third-order valence-corrected chi connectivity index (χ3v) is 2.29. The van der Waals surface area contributed by atoms with Gasteiger partial charge in [0.05, 0.1) is 7.11 Å². The number of aromatic nitrogens is 2. The van der Waals surface area contributed by atoms with Gasteiger partial charge < -0.3 is 14.8 Å². The Hall–Kier alpha value is -2.96. The maximum Gasteiger partial charge on any atom is 0.352 e. The second-order valence-corrected chi connectivity index (χ2v) is 3.86. The number of aromatic carboxylic acids is 1. The summed E-state index contributed by atoms with van der Waals surface area (Å²) in [5.74, 6) is -0.709. The van der Waals surface area contributed by atoms with E-state index in [4.69, 9.17) is 9.84 Å². The van der Waals surface area contributed by atoms with Crippen LogP contribution in [0.2, 0.25) is 0 Å². The van der Waals surface area contributed by atoms with Gasteiger partial charge in [-0.25, -0.2) is 9.78 Å². The lowest BCUT2D eigenvalue weighted by atomic mass is 10.3. The Balaban J connectivity index is 0.000000211. The zero-order chi connectivity index (χ0) is 15.8. The molecule has 0 unspecified atom stereocenters. The van der Waals surface area contributed by atoms with Gasteiger partial charge in [0.25, 0.3) is 0 Å². The molecule has 0 atom stereocenters. The predicted molar refractivity (Wildman–Crippen MR) is 74.8 cm³/mol. The fourth-order valence-corrected chi connectivity index (χ4v) is 1.30. The highest BCUT2D eigenvalue weighted by Crippen LogP contribution is 2.06. The lowest BCUT2D eigenvalue weighted by Gasteiger charge is -1.98. The number of hydrogen-bond donors (Lipinski definition) is 2. The fraction of sp³-hybridized carbons (Fsp3) is 0.143. The van der Waals surface area contributed by atoms with Gasteiger partial charge in [-0.05, 0) is 12.1 Å². The third-order valence-electron chi connectivity index (χ3n) is 2.29. The molecule has 0 aromatic carbocycles. The molecule has 0 aliphatic carbocycles. The van der Waals surface area contributed by atoms with E-state index < -0.39 is 11.5 Å². The van der Waals surface area contributed by atoms with E-state index >= 15 is 0 Å². The van der Waals surface area contributed by atoms with Gasteiger partial charge in [0.15, 0.2) is 5.78 Å². The summed E-state index contributed by atoms with van der Waals surface area (Å²) >= 11 is 0. The topological polar surface area (TPSA) is 109 Å². The number of carbonyl (C=O) groups excluding carboxylic acids is 1. The van der Waals surface area contributed by atoms with Crippen molar-refractivity contribution in [2.24, 2.45) is 0 Å². The molecule has 0 fully saturated rings. The summed E-state index contributed by atoms with van der Waals surface area (Å²) in [7, 11) is 1.52. The van der Waals surface area contributed by atoms with Crippen LogP contribution in [0.1, 0.15) is 27.9 Å². The van der Waals surface area contributed by atoms with Crippen molar-refractivity contribution >= 4 is 11.8 Å². The van der Waals surface area contributed by atoms with Crippen LogP contribution in [0.3, 0.4) is 0 Å². The molecule has 0 saturated heterocycles. The number of nitrogens with one attached hydrogen (secondary N) is 1. The molecule has 21 heavy (non-hydrogen) atoms. The summed E-state index contributed by atoms with van der Waals surface area (Å²) < 4.78 is 4.84. The van der Waals surface area contributed by atoms with Crippen LogP contribution in [0.15, 0.2) is 41.2 Å². The highest BCUT2D eigenvalue weighted by atomic mass is 16.5. The van der Waals surface area contributed by atoms with Crippen LogP contribution >= 0.6 is 0 Å². The van der Waals surface area contributed by atoms with Crippen LogP contribution in [0, 0.1) is 0 Å². The molecule has 0 aliphatic rings. The van der Waals surface area contributed by atoms with Gasteiger partial charge in [0, 0.05) is 19.1 Å². The van der Waals surface area contributed by atoms with Gasteiger partial charge in [-0.3, -0.25) is 9.59 Å². The summed E-state index contributed by atoms with van der Waals surface area (Å²) in [6.07, 6.45) is 0. The van der Waals surface area contributed by atoms with E-state index in [0.717, 1.165) is 0 Å². The van der Waals surface area contributed by atoms with Crippen LogP contribution in [-0.2, 0) is 0 Å². The Labute approximate surface area is 120 Å². The Bertz CT molecular complexity index is 694. The number of methoxy groups -OCH3 is 1. The van der Waals surface area contributed by atoms with Crippen LogP contribution in [-0.4, -0.2) is 33.9 Å². The summed E-state index contributed by atoms with van der Waals surface area (Å²) in [5.41, 5.74) is -0.0586. The summed E-state index contributed by atoms with van der Waals surface area (Å²) in [4.78, 5) is 37.5. The summed E-state index contributed by atoms with van der Waals surface area (Å²) in [6.45, 7) is 1.47. The Kier molecular flexibility index (Phi) is 5.81. The van der Waals surface area contributed by atoms with Crippen molar-refractivity contribution in [1.82, 2.24) is 9.97 Å². The molecule has 0 bridgehead atoms. The molecule has 7 nitrogen and oxygen atoms in total. The first kappa shape index (κ1) is 16.1. The van der Waals surface area contributed by atoms with Crippen molar-refractivity contribution in [3.05, 3.63) is 58.1 Å². The highest BCUT2D eigenvalue weighted by Gasteiger charge is 2.01. The zero-order valence-corrected chi connectivity index (χ0v) is 11.5. The van der Waals surface area contributed by atoms with E-state index in [1.807, 2.05) is 0 Å². The van der Waals surface area contributed by atoms with Gasteiger partial charge in [0.1, 0.15) is 11.4 Å². The van der Waals surface area contributed by atoms with Crippen molar-refractivity contribution in [3.8, 4) is 5.88 Å². The SMILES string of the molecule is COc1cccc(C(C)=O)n1.O=C(O)c1cccc(=O)[nH]1. The molecule has 2 heterocycles. The zero-order valence-electron chi connectivity index (χ0n) is 11.5. The van der Waals surface area contributed by atoms with Gasteiger partial charge in [-0.15, -0.1) is 0 Å². The lowest BCUT2D eigenvalue weighted by Crippen LogP contribution is -2.10. The van der Waals surface area contributed by atoms with Crippen molar-refractivity contribution in [2.75, 3.05) is 7.11 Å². The van der Waals surface area contributed by atoms with Crippen LogP contribution in [0.5, 0.6) is 5.88 Å². The number of pyridine rings is 2. The molecular weight excluding hydrogens is 276 g/mol. The first-order valence-electron chi connectivity index (χ1n) is 5.88. The minimum absolute atomic E-state index is 0.0519. The molecule has 0 amide bonds. The molecule has 2 aromatic rings. The number of carbonyl (C=O) groups is 2. The van der Waals surface area contributed by atoms with E-state index in [1.165, 1.54) is 32.2 Å². The average molecular weight is 290 g/mol. The van der Waals surface area contributed by atoms with Crippen molar-refractivity contribution < 1.29 is 19.4 Å². The van der Waals surface area contributed by atoms with Gasteiger partial charge in [0.2, 0.25) is 11.4 Å². The molecule has 0 radical (unpaired) electrons. The van der Waals surface area contributed by atoms with Gasteiger partial charge in [-0.2, -0.15) is 0 Å². The Morgan fingerprint density at radius 2 is 1.86 bits per heavy atom. The molecular formula is C14H14N2O5. The van der Waals surface area contributed by atoms with E-state index in [9.17, 15) is 14.4 Å². The van der Waals surface area contributed by atoms with E-state index in [-0.39, 0.29) is 11.5 Å². The molecule has 0 spiro atoms. The number of H-pyrrole nitrogens is 1. The van der Waals surface area contributed by atoms with Crippen LogP contribution in [0.4, 0.5) is 0 Å². The highest BCUT2D eigenvalue weighted by molar-refractivity contribution is 5.92. The second-order valence-electron chi connectivity index (χ2n) is 3.86. The average Bonchev–Trinajstić information content (AvgIpc) is 2.48. The third kappa shape index (κ3) is 5.27. The minimum Gasteiger partial charge on any atom is -0.481 e. The number of rotatable bonds is 3. The largest absolute Gasteiger partial charge is 0.481 e. The normalized spacial score (nSPS) is 9.24. The van der Waals surface area contributed by atoms with Gasteiger partial charge >= 0.3 is 5.97 Å². The second kappa shape index (κ2) is 7.59. The van der Waals surface area contributed by atoms with Gasteiger partial charge in [-0.1, -0.05) is 12.1 Å². The quantitative estimate of drug-likeness (QED) is 0.826. The molecule has 0 aliphatic heterocycles. The van der Waals surface area contributed by atoms with Crippen molar-refractivity contribution in [3.63, 3.8) is 0 Å². The monoisotopic (exact) mass is 290 g/mol. The molecule has 2 N–H and O–H groups in total. The van der Waals surface area contributed by atoms with E-state index in [0.29, 0.717) is 11.6 Å². The maximum absolute atomic E-state index is 10.8. The Morgan fingerprint density at radius 1 is 1.19 bits per heavy atom. The number of aromatic amines is 1. The predicted octanol–water partition coefficient (Wildman–Crippen LogP) is 1.37. The summed E-state index contributed by atoms with van der Waals surface area (Å²) in [6, 6.07) is 9.07. The number of ether oxygens (including phenoxy) is 1. The first-order chi connectivity index (χ1) is 9.93. The lowest BCUT2D eigenvalue weighted by molar-refractivity contribution is 0.0690. The summed E-state index contributed by atoms with van der Waals surface area (Å²) in [5, 5.41) is 8.34. The fourth-order valence-electron chi connectivity index (χ4n) is 1.30. The van der Waals surface area contributed by atoms with Crippen molar-refractivity contribution in [1.29, 1.82) is 0 Å². The molecule has 110 valence electrons. The number of carboxylic acids is 1. The molecule has 2 aromatic heterocycles. The maximum atomic E-state index is 10.8. The number of hydrogen-bond acceptors (Lipinski definition) is 5. The minimum atomic E-state index is -1.13. The van der Waals surface area contributed by atoms with E-state index in [2.05, 4.69) is 9.97 Å². The van der Waals surface area contributed by atoms with Crippen molar-refractivity contribution in [2.45, 2.75) is 6.92 Å². The smallest absolute Gasteiger partial charge is 0.352 e. The number of carboxylic acid groups (broad SMARTS) is 1.